The van der Waals surface area contributed by atoms with Gasteiger partial charge in [0.2, 0.25) is 0 Å². The maximum atomic E-state index is 10.6. The first kappa shape index (κ1) is 11.6. The maximum Gasteiger partial charge on any atom is 0.320 e. The Balaban J connectivity index is 2.12. The fourth-order valence-corrected chi connectivity index (χ4v) is 1.59. The molecule has 5 nitrogen and oxygen atoms in total. The number of nitrogens with zero attached hydrogens (tertiary/aromatic N) is 2. The molecule has 0 unspecified atom stereocenters. The van der Waals surface area contributed by atoms with Crippen LogP contribution in [0.15, 0.2) is 24.5 Å². The predicted molar refractivity (Wildman–Crippen MR) is 63.9 cm³/mol. The summed E-state index contributed by atoms with van der Waals surface area (Å²) in [7, 11) is 0. The van der Waals surface area contributed by atoms with Crippen molar-refractivity contribution in [3.8, 4) is 0 Å². The van der Waals surface area contributed by atoms with Gasteiger partial charge in [0, 0.05) is 18.9 Å². The lowest BCUT2D eigenvalue weighted by molar-refractivity contribution is -0.139. The van der Waals surface area contributed by atoms with E-state index in [0.717, 1.165) is 16.9 Å². The van der Waals surface area contributed by atoms with E-state index in [1.807, 2.05) is 35.9 Å². The van der Waals surface area contributed by atoms with Gasteiger partial charge in [0.05, 0.1) is 5.69 Å². The molecule has 2 aromatic heterocycles. The Hall–Kier alpha value is -1.88. The number of nitrogens with one attached hydrogen (secondary N) is 1. The Morgan fingerprint density at radius 3 is 3.00 bits per heavy atom. The topological polar surface area (TPSA) is 66.6 Å². The molecule has 0 fully saturated rings. The quantitative estimate of drug-likeness (QED) is 0.833. The molecule has 0 saturated carbocycles. The van der Waals surface area contributed by atoms with Gasteiger partial charge in [-0.25, -0.2) is 4.98 Å². The van der Waals surface area contributed by atoms with Crippen molar-refractivity contribution in [2.75, 3.05) is 0 Å². The highest BCUT2D eigenvalue weighted by atomic mass is 16.4. The number of carboxylic acids is 1. The van der Waals surface area contributed by atoms with Crippen molar-refractivity contribution in [2.24, 2.45) is 0 Å². The van der Waals surface area contributed by atoms with Crippen LogP contribution in [0.25, 0.3) is 5.65 Å². The molecule has 0 amide bonds. The fraction of sp³-hybridized carbons (Fsp3) is 0.333. The highest BCUT2D eigenvalue weighted by Crippen LogP contribution is 2.07. The number of imidazole rings is 1. The van der Waals surface area contributed by atoms with Gasteiger partial charge in [-0.2, -0.15) is 0 Å². The highest BCUT2D eigenvalue weighted by Gasteiger charge is 2.10. The number of hydrogen-bond donors (Lipinski definition) is 2. The van der Waals surface area contributed by atoms with Crippen molar-refractivity contribution in [1.82, 2.24) is 14.7 Å². The smallest absolute Gasteiger partial charge is 0.320 e. The zero-order chi connectivity index (χ0) is 12.4. The largest absolute Gasteiger partial charge is 0.480 e. The summed E-state index contributed by atoms with van der Waals surface area (Å²) in [6, 6.07) is 3.38. The van der Waals surface area contributed by atoms with Gasteiger partial charge in [0.1, 0.15) is 11.7 Å². The molecule has 90 valence electrons. The molecular formula is C12H15N3O2. The molecular weight excluding hydrogens is 218 g/mol. The van der Waals surface area contributed by atoms with Crippen molar-refractivity contribution in [3.63, 3.8) is 0 Å². The van der Waals surface area contributed by atoms with E-state index in [2.05, 4.69) is 10.3 Å². The molecule has 0 aliphatic rings. The second-order valence-electron chi connectivity index (χ2n) is 4.14. The second-order valence-corrected chi connectivity index (χ2v) is 4.14. The van der Waals surface area contributed by atoms with Gasteiger partial charge < -0.3 is 9.51 Å². The third kappa shape index (κ3) is 2.62. The molecule has 0 aromatic carbocycles. The van der Waals surface area contributed by atoms with Crippen LogP contribution in [-0.4, -0.2) is 26.5 Å². The van der Waals surface area contributed by atoms with E-state index in [0.29, 0.717) is 6.54 Å². The standard InChI is InChI=1S/C12H15N3O2/c1-8-3-4-11-14-10(7-15(11)6-8)5-13-9(2)12(16)17/h3-4,6-7,9,13H,5H2,1-2H3,(H,16,17)/t9-/m1/s1. The molecule has 0 spiro atoms. The number of pyridine rings is 1. The molecule has 2 N–H and O–H groups in total. The maximum absolute atomic E-state index is 10.6. The summed E-state index contributed by atoms with van der Waals surface area (Å²) in [6.07, 6.45) is 3.90. The summed E-state index contributed by atoms with van der Waals surface area (Å²) in [6.45, 7) is 4.08. The lowest BCUT2D eigenvalue weighted by Crippen LogP contribution is -2.33. The van der Waals surface area contributed by atoms with Gasteiger partial charge in [0.15, 0.2) is 0 Å². The van der Waals surface area contributed by atoms with Crippen LogP contribution in [0.4, 0.5) is 0 Å². The zero-order valence-corrected chi connectivity index (χ0v) is 9.84. The zero-order valence-electron chi connectivity index (χ0n) is 9.84. The van der Waals surface area contributed by atoms with Crippen LogP contribution < -0.4 is 5.32 Å². The molecule has 2 rings (SSSR count). The molecule has 2 heterocycles. The predicted octanol–water partition coefficient (Wildman–Crippen LogP) is 1.21. The van der Waals surface area contributed by atoms with E-state index in [9.17, 15) is 4.79 Å². The second kappa shape index (κ2) is 4.55. The lowest BCUT2D eigenvalue weighted by Gasteiger charge is -2.06. The van der Waals surface area contributed by atoms with Crippen LogP contribution in [0, 0.1) is 6.92 Å². The summed E-state index contributed by atoms with van der Waals surface area (Å²) >= 11 is 0. The highest BCUT2D eigenvalue weighted by molar-refractivity contribution is 5.72. The van der Waals surface area contributed by atoms with Gasteiger partial charge in [-0.1, -0.05) is 6.07 Å². The van der Waals surface area contributed by atoms with E-state index < -0.39 is 12.0 Å². The number of aliphatic carboxylic acids is 1. The number of aromatic nitrogens is 2. The number of hydrogen-bond acceptors (Lipinski definition) is 3. The van der Waals surface area contributed by atoms with Crippen LogP contribution in [0.3, 0.4) is 0 Å². The van der Waals surface area contributed by atoms with Gasteiger partial charge in [-0.05, 0) is 25.5 Å². The van der Waals surface area contributed by atoms with Crippen molar-refractivity contribution in [1.29, 1.82) is 0 Å². The first-order valence-corrected chi connectivity index (χ1v) is 5.46. The first-order chi connectivity index (χ1) is 8.06. The lowest BCUT2D eigenvalue weighted by atomic mass is 10.3. The third-order valence-corrected chi connectivity index (χ3v) is 2.61. The Labute approximate surface area is 99.1 Å². The minimum absolute atomic E-state index is 0.453. The molecule has 0 aliphatic heterocycles. The van der Waals surface area contributed by atoms with E-state index in [1.54, 1.807) is 6.92 Å². The van der Waals surface area contributed by atoms with Crippen LogP contribution >= 0.6 is 0 Å². The molecule has 17 heavy (non-hydrogen) atoms. The fourth-order valence-electron chi connectivity index (χ4n) is 1.59. The molecule has 0 bridgehead atoms. The summed E-state index contributed by atoms with van der Waals surface area (Å²) < 4.78 is 1.94. The third-order valence-electron chi connectivity index (χ3n) is 2.61. The normalized spacial score (nSPS) is 12.8. The first-order valence-electron chi connectivity index (χ1n) is 5.46. The minimum atomic E-state index is -0.857. The Morgan fingerprint density at radius 1 is 1.53 bits per heavy atom. The molecule has 0 aliphatic carbocycles. The van der Waals surface area contributed by atoms with Gasteiger partial charge in [-0.3, -0.25) is 10.1 Å². The molecule has 1 atom stereocenters. The van der Waals surface area contributed by atoms with E-state index in [-0.39, 0.29) is 0 Å². The van der Waals surface area contributed by atoms with Crippen LogP contribution in [0.2, 0.25) is 0 Å². The van der Waals surface area contributed by atoms with E-state index in [1.165, 1.54) is 0 Å². The van der Waals surface area contributed by atoms with Gasteiger partial charge >= 0.3 is 5.97 Å². The van der Waals surface area contributed by atoms with Gasteiger partial charge in [-0.15, -0.1) is 0 Å². The Bertz CT molecular complexity index is 548. The molecule has 5 heteroatoms. The van der Waals surface area contributed by atoms with Crippen molar-refractivity contribution < 1.29 is 9.90 Å². The number of fused-ring (bicyclic) bond motifs is 1. The number of rotatable bonds is 4. The molecule has 0 saturated heterocycles. The summed E-state index contributed by atoms with van der Waals surface area (Å²) in [5.41, 5.74) is 2.87. The Morgan fingerprint density at radius 2 is 2.29 bits per heavy atom. The van der Waals surface area contributed by atoms with Crippen LogP contribution in [0.1, 0.15) is 18.2 Å². The average Bonchev–Trinajstić information content (AvgIpc) is 2.67. The van der Waals surface area contributed by atoms with E-state index in [4.69, 9.17) is 5.11 Å². The van der Waals surface area contributed by atoms with Crippen molar-refractivity contribution in [3.05, 3.63) is 35.8 Å². The average molecular weight is 233 g/mol. The number of carboxylic acid groups (broad SMARTS) is 1. The van der Waals surface area contributed by atoms with Crippen molar-refractivity contribution in [2.45, 2.75) is 26.4 Å². The SMILES string of the molecule is Cc1ccc2nc(CN[C@H](C)C(=O)O)cn2c1. The number of carbonyl (C=O) groups is 1. The summed E-state index contributed by atoms with van der Waals surface area (Å²) in [4.78, 5) is 15.0. The minimum Gasteiger partial charge on any atom is -0.480 e. The molecule has 2 aromatic rings. The van der Waals surface area contributed by atoms with Crippen LogP contribution in [-0.2, 0) is 11.3 Å². The summed E-state index contributed by atoms with van der Waals surface area (Å²) in [5, 5.41) is 11.6. The van der Waals surface area contributed by atoms with E-state index >= 15 is 0 Å². The van der Waals surface area contributed by atoms with Crippen LogP contribution in [0.5, 0.6) is 0 Å². The van der Waals surface area contributed by atoms with Crippen molar-refractivity contribution >= 4 is 11.6 Å². The Kier molecular flexibility index (Phi) is 3.10. The summed E-state index contributed by atoms with van der Waals surface area (Å²) in [5.74, 6) is -0.857. The van der Waals surface area contributed by atoms with Gasteiger partial charge in [0.25, 0.3) is 0 Å². The number of aryl methyl sites for hydroxylation is 1. The molecule has 0 radical (unpaired) electrons. The monoisotopic (exact) mass is 233 g/mol.